The van der Waals surface area contributed by atoms with Gasteiger partial charge in [0.25, 0.3) is 0 Å². The zero-order valence-electron chi connectivity index (χ0n) is 11.2. The van der Waals surface area contributed by atoms with Crippen molar-refractivity contribution in [2.24, 2.45) is 0 Å². The smallest absolute Gasteiger partial charge is 0.0900 e. The van der Waals surface area contributed by atoms with Crippen LogP contribution in [0.3, 0.4) is 0 Å². The van der Waals surface area contributed by atoms with Crippen molar-refractivity contribution < 1.29 is 9.84 Å². The summed E-state index contributed by atoms with van der Waals surface area (Å²) in [5.41, 5.74) is 0. The van der Waals surface area contributed by atoms with Gasteiger partial charge >= 0.3 is 0 Å². The van der Waals surface area contributed by atoms with Crippen LogP contribution in [0.25, 0.3) is 0 Å². The first-order chi connectivity index (χ1) is 7.74. The highest BCUT2D eigenvalue weighted by Crippen LogP contribution is 2.00. The lowest BCUT2D eigenvalue weighted by Gasteiger charge is -2.21. The maximum absolute atomic E-state index is 9.72. The number of likely N-dealkylation sites (N-methyl/N-ethyl adjacent to an activating group) is 1. The average molecular weight is 231 g/mol. The van der Waals surface area contributed by atoms with Gasteiger partial charge < -0.3 is 14.7 Å². The summed E-state index contributed by atoms with van der Waals surface area (Å²) in [6, 6.07) is 0. The van der Waals surface area contributed by atoms with Crippen molar-refractivity contribution in [3.8, 4) is 0 Å². The fraction of sp³-hybridized carbons (Fsp3) is 1.00. The Morgan fingerprint density at radius 3 is 2.31 bits per heavy atom. The van der Waals surface area contributed by atoms with Gasteiger partial charge in [-0.3, -0.25) is 0 Å². The number of aliphatic hydroxyl groups excluding tert-OH is 1. The van der Waals surface area contributed by atoms with Crippen molar-refractivity contribution >= 4 is 0 Å². The molecular formula is C13H29NO2. The zero-order valence-corrected chi connectivity index (χ0v) is 11.2. The van der Waals surface area contributed by atoms with Gasteiger partial charge in [0.15, 0.2) is 0 Å². The lowest BCUT2D eigenvalue weighted by atomic mass is 10.2. The summed E-state index contributed by atoms with van der Waals surface area (Å²) in [6.45, 7) is 10.4. The number of unbranched alkanes of at least 4 members (excludes halogenated alkanes) is 3. The van der Waals surface area contributed by atoms with Gasteiger partial charge in [0.1, 0.15) is 0 Å². The topological polar surface area (TPSA) is 32.7 Å². The first kappa shape index (κ1) is 15.9. The highest BCUT2D eigenvalue weighted by Gasteiger charge is 2.08. The number of aliphatic hydroxyl groups is 1. The number of hydrogen-bond acceptors (Lipinski definition) is 3. The fourth-order valence-electron chi connectivity index (χ4n) is 1.68. The Morgan fingerprint density at radius 1 is 1.06 bits per heavy atom. The molecule has 98 valence electrons. The Kier molecular flexibility index (Phi) is 11.3. The molecule has 0 fully saturated rings. The van der Waals surface area contributed by atoms with Crippen LogP contribution >= 0.6 is 0 Å². The first-order valence-electron chi connectivity index (χ1n) is 6.72. The molecule has 0 aliphatic carbocycles. The first-order valence-corrected chi connectivity index (χ1v) is 6.72. The molecule has 0 aromatic carbocycles. The summed E-state index contributed by atoms with van der Waals surface area (Å²) in [7, 11) is 0. The van der Waals surface area contributed by atoms with Crippen molar-refractivity contribution in [1.82, 2.24) is 4.90 Å². The van der Waals surface area contributed by atoms with Gasteiger partial charge in [0, 0.05) is 13.2 Å². The maximum Gasteiger partial charge on any atom is 0.0900 e. The van der Waals surface area contributed by atoms with E-state index in [1.54, 1.807) is 0 Å². The van der Waals surface area contributed by atoms with Crippen LogP contribution in [0.5, 0.6) is 0 Å². The van der Waals surface area contributed by atoms with Crippen molar-refractivity contribution in [3.05, 3.63) is 0 Å². The lowest BCUT2D eigenvalue weighted by molar-refractivity contribution is 0.0171. The molecule has 0 saturated carbocycles. The van der Waals surface area contributed by atoms with Gasteiger partial charge in [-0.15, -0.1) is 0 Å². The molecule has 0 rings (SSSR count). The van der Waals surface area contributed by atoms with Crippen LogP contribution in [0.4, 0.5) is 0 Å². The van der Waals surface area contributed by atoms with E-state index in [1.165, 1.54) is 19.3 Å². The Bertz CT molecular complexity index is 138. The third kappa shape index (κ3) is 9.13. The molecule has 0 aromatic heterocycles. The molecule has 0 bridgehead atoms. The standard InChI is InChI=1S/C13H29NO2/c1-4-7-8-9-10-16-12-13(15)11-14(5-2)6-3/h13,15H,4-12H2,1-3H3/t13-/m1/s1. The van der Waals surface area contributed by atoms with E-state index in [9.17, 15) is 5.11 Å². The number of ether oxygens (including phenoxy) is 1. The van der Waals surface area contributed by atoms with E-state index in [0.717, 1.165) is 32.7 Å². The summed E-state index contributed by atoms with van der Waals surface area (Å²) in [4.78, 5) is 2.21. The fourth-order valence-corrected chi connectivity index (χ4v) is 1.68. The SMILES string of the molecule is CCCCCCOC[C@H](O)CN(CC)CC. The average Bonchev–Trinajstić information content (AvgIpc) is 2.30. The summed E-state index contributed by atoms with van der Waals surface area (Å²) in [6.07, 6.45) is 4.55. The number of nitrogens with zero attached hydrogens (tertiary/aromatic N) is 1. The second-order valence-electron chi connectivity index (χ2n) is 4.28. The Balaban J connectivity index is 3.32. The third-order valence-electron chi connectivity index (χ3n) is 2.82. The molecule has 16 heavy (non-hydrogen) atoms. The van der Waals surface area contributed by atoms with Crippen molar-refractivity contribution in [2.75, 3.05) is 32.8 Å². The van der Waals surface area contributed by atoms with Crippen LogP contribution in [0, 0.1) is 0 Å². The van der Waals surface area contributed by atoms with Gasteiger partial charge in [-0.25, -0.2) is 0 Å². The van der Waals surface area contributed by atoms with E-state index in [4.69, 9.17) is 4.74 Å². The Labute approximate surface area is 101 Å². The molecule has 0 saturated heterocycles. The van der Waals surface area contributed by atoms with Gasteiger partial charge in [-0.2, -0.15) is 0 Å². The second kappa shape index (κ2) is 11.4. The zero-order chi connectivity index (χ0) is 12.2. The molecule has 0 amide bonds. The monoisotopic (exact) mass is 231 g/mol. The van der Waals surface area contributed by atoms with Crippen LogP contribution in [-0.4, -0.2) is 49.0 Å². The van der Waals surface area contributed by atoms with E-state index >= 15 is 0 Å². The van der Waals surface area contributed by atoms with E-state index in [0.29, 0.717) is 6.61 Å². The predicted octanol–water partition coefficient (Wildman–Crippen LogP) is 2.29. The maximum atomic E-state index is 9.72. The van der Waals surface area contributed by atoms with Crippen molar-refractivity contribution in [2.45, 2.75) is 52.6 Å². The second-order valence-corrected chi connectivity index (χ2v) is 4.28. The van der Waals surface area contributed by atoms with E-state index in [-0.39, 0.29) is 6.10 Å². The van der Waals surface area contributed by atoms with Crippen LogP contribution in [0.2, 0.25) is 0 Å². The minimum Gasteiger partial charge on any atom is -0.389 e. The predicted molar refractivity (Wildman–Crippen MR) is 68.8 cm³/mol. The lowest BCUT2D eigenvalue weighted by Crippen LogP contribution is -2.34. The molecule has 3 heteroatoms. The Morgan fingerprint density at radius 2 is 1.75 bits per heavy atom. The molecule has 0 unspecified atom stereocenters. The minimum atomic E-state index is -0.342. The van der Waals surface area contributed by atoms with Gasteiger partial charge in [-0.1, -0.05) is 40.0 Å². The molecule has 0 spiro atoms. The largest absolute Gasteiger partial charge is 0.389 e. The molecular weight excluding hydrogens is 202 g/mol. The summed E-state index contributed by atoms with van der Waals surface area (Å²) in [5.74, 6) is 0. The number of hydrogen-bond donors (Lipinski definition) is 1. The Hall–Kier alpha value is -0.120. The molecule has 1 atom stereocenters. The molecule has 0 aliphatic heterocycles. The van der Waals surface area contributed by atoms with Gasteiger partial charge in [-0.05, 0) is 19.5 Å². The van der Waals surface area contributed by atoms with E-state index < -0.39 is 0 Å². The van der Waals surface area contributed by atoms with Crippen LogP contribution < -0.4 is 0 Å². The highest BCUT2D eigenvalue weighted by molar-refractivity contribution is 4.61. The van der Waals surface area contributed by atoms with Crippen molar-refractivity contribution in [3.63, 3.8) is 0 Å². The third-order valence-corrected chi connectivity index (χ3v) is 2.82. The van der Waals surface area contributed by atoms with Crippen LogP contribution in [-0.2, 0) is 4.74 Å². The summed E-state index contributed by atoms with van der Waals surface area (Å²) in [5, 5.41) is 9.72. The molecule has 0 aromatic rings. The normalized spacial score (nSPS) is 13.3. The van der Waals surface area contributed by atoms with Crippen molar-refractivity contribution in [1.29, 1.82) is 0 Å². The summed E-state index contributed by atoms with van der Waals surface area (Å²) < 4.78 is 5.46. The minimum absolute atomic E-state index is 0.342. The van der Waals surface area contributed by atoms with Crippen LogP contribution in [0.1, 0.15) is 46.5 Å². The van der Waals surface area contributed by atoms with E-state index in [1.807, 2.05) is 0 Å². The molecule has 0 radical (unpaired) electrons. The molecule has 1 N–H and O–H groups in total. The number of rotatable bonds is 11. The molecule has 0 heterocycles. The summed E-state index contributed by atoms with van der Waals surface area (Å²) >= 11 is 0. The van der Waals surface area contributed by atoms with Gasteiger partial charge in [0.05, 0.1) is 12.7 Å². The highest BCUT2D eigenvalue weighted by atomic mass is 16.5. The molecule has 3 nitrogen and oxygen atoms in total. The quantitative estimate of drug-likeness (QED) is 0.554. The van der Waals surface area contributed by atoms with Gasteiger partial charge in [0.2, 0.25) is 0 Å². The molecule has 0 aliphatic rings. The van der Waals surface area contributed by atoms with E-state index in [2.05, 4.69) is 25.7 Å². The van der Waals surface area contributed by atoms with Crippen LogP contribution in [0.15, 0.2) is 0 Å².